The first-order chi connectivity index (χ1) is 14.6. The fourth-order valence-corrected chi connectivity index (χ4v) is 4.16. The predicted molar refractivity (Wildman–Crippen MR) is 115 cm³/mol. The van der Waals surface area contributed by atoms with E-state index in [4.69, 9.17) is 16.3 Å². The molecule has 0 radical (unpaired) electrons. The van der Waals surface area contributed by atoms with E-state index in [1.165, 1.54) is 7.11 Å². The number of halogens is 1. The Hall–Kier alpha value is -2.96. The number of hydrogen-bond donors (Lipinski definition) is 0. The number of pyridine rings is 1. The lowest BCUT2D eigenvalue weighted by Crippen LogP contribution is -2.51. The zero-order valence-electron chi connectivity index (χ0n) is 16.6. The van der Waals surface area contributed by atoms with Crippen molar-refractivity contribution in [1.82, 2.24) is 14.8 Å². The lowest BCUT2D eigenvalue weighted by Gasteiger charge is -2.38. The lowest BCUT2D eigenvalue weighted by atomic mass is 10.0. The summed E-state index contributed by atoms with van der Waals surface area (Å²) in [5.74, 6) is -0.386. The molecule has 0 saturated carbocycles. The van der Waals surface area contributed by atoms with E-state index < -0.39 is 6.04 Å². The highest BCUT2D eigenvalue weighted by atomic mass is 35.5. The van der Waals surface area contributed by atoms with Crippen LogP contribution in [0.15, 0.2) is 60.8 Å². The molecule has 0 aliphatic carbocycles. The molecule has 1 amide bonds. The van der Waals surface area contributed by atoms with Crippen molar-refractivity contribution in [2.45, 2.75) is 6.04 Å². The highest BCUT2D eigenvalue weighted by Gasteiger charge is 2.33. The molecule has 1 aliphatic heterocycles. The van der Waals surface area contributed by atoms with Gasteiger partial charge >= 0.3 is 5.97 Å². The zero-order chi connectivity index (χ0) is 21.1. The molecule has 6 nitrogen and oxygen atoms in total. The van der Waals surface area contributed by atoms with Crippen molar-refractivity contribution in [2.24, 2.45) is 0 Å². The molecule has 7 heteroatoms. The van der Waals surface area contributed by atoms with E-state index in [2.05, 4.69) is 4.98 Å². The van der Waals surface area contributed by atoms with Crippen LogP contribution in [-0.2, 0) is 9.53 Å². The summed E-state index contributed by atoms with van der Waals surface area (Å²) >= 11 is 6.35. The number of hydrogen-bond acceptors (Lipinski definition) is 5. The second kappa shape index (κ2) is 8.81. The van der Waals surface area contributed by atoms with Gasteiger partial charge in [-0.2, -0.15) is 0 Å². The number of fused-ring (bicyclic) bond motifs is 1. The Balaban J connectivity index is 1.53. The molecule has 30 heavy (non-hydrogen) atoms. The minimum absolute atomic E-state index is 0.0272. The molecule has 3 aromatic rings. The van der Waals surface area contributed by atoms with Gasteiger partial charge in [0.15, 0.2) is 0 Å². The van der Waals surface area contributed by atoms with E-state index >= 15 is 0 Å². The van der Waals surface area contributed by atoms with Gasteiger partial charge in [-0.3, -0.25) is 14.7 Å². The molecule has 1 aliphatic rings. The van der Waals surface area contributed by atoms with Gasteiger partial charge < -0.3 is 9.64 Å². The van der Waals surface area contributed by atoms with Crippen LogP contribution in [0.4, 0.5) is 0 Å². The Morgan fingerprint density at radius 2 is 1.77 bits per heavy atom. The van der Waals surface area contributed by atoms with Gasteiger partial charge in [0.1, 0.15) is 6.04 Å². The number of nitrogens with zero attached hydrogens (tertiary/aromatic N) is 3. The summed E-state index contributed by atoms with van der Waals surface area (Å²) in [6.45, 7) is 2.10. The molecular formula is C23H22ClN3O3. The van der Waals surface area contributed by atoms with Crippen LogP contribution < -0.4 is 0 Å². The maximum Gasteiger partial charge on any atom is 0.327 e. The van der Waals surface area contributed by atoms with Crippen LogP contribution in [0.25, 0.3) is 10.9 Å². The first-order valence-electron chi connectivity index (χ1n) is 9.79. The number of rotatable bonds is 4. The highest BCUT2D eigenvalue weighted by Crippen LogP contribution is 2.30. The van der Waals surface area contributed by atoms with Crippen LogP contribution in [0.1, 0.15) is 22.0 Å². The van der Waals surface area contributed by atoms with Gasteiger partial charge in [-0.15, -0.1) is 0 Å². The quantitative estimate of drug-likeness (QED) is 0.600. The largest absolute Gasteiger partial charge is 0.468 e. The molecule has 1 aromatic heterocycles. The summed E-state index contributed by atoms with van der Waals surface area (Å²) in [5.41, 5.74) is 2.15. The molecule has 0 bridgehead atoms. The highest BCUT2D eigenvalue weighted by molar-refractivity contribution is 6.31. The average molecular weight is 424 g/mol. The molecule has 0 unspecified atom stereocenters. The van der Waals surface area contributed by atoms with Crippen LogP contribution in [0.3, 0.4) is 0 Å². The summed E-state index contributed by atoms with van der Waals surface area (Å²) in [7, 11) is 1.38. The zero-order valence-corrected chi connectivity index (χ0v) is 17.4. The molecule has 1 saturated heterocycles. The van der Waals surface area contributed by atoms with Crippen molar-refractivity contribution in [2.75, 3.05) is 33.3 Å². The molecule has 0 N–H and O–H groups in total. The smallest absolute Gasteiger partial charge is 0.327 e. The van der Waals surface area contributed by atoms with Crippen LogP contribution in [0.5, 0.6) is 0 Å². The van der Waals surface area contributed by atoms with E-state index in [9.17, 15) is 9.59 Å². The third-order valence-corrected chi connectivity index (χ3v) is 5.81. The molecule has 1 fully saturated rings. The summed E-state index contributed by atoms with van der Waals surface area (Å²) in [6, 6.07) is 16.0. The van der Waals surface area contributed by atoms with E-state index in [0.29, 0.717) is 42.3 Å². The second-order valence-corrected chi connectivity index (χ2v) is 7.56. The molecular weight excluding hydrogens is 402 g/mol. The number of piperazine rings is 1. The second-order valence-electron chi connectivity index (χ2n) is 7.15. The number of benzene rings is 2. The number of aromatic nitrogens is 1. The van der Waals surface area contributed by atoms with Crippen molar-refractivity contribution in [3.05, 3.63) is 76.9 Å². The molecule has 2 aromatic carbocycles. The van der Waals surface area contributed by atoms with Crippen LogP contribution in [-0.4, -0.2) is 59.9 Å². The van der Waals surface area contributed by atoms with Gasteiger partial charge in [0.05, 0.1) is 12.6 Å². The summed E-state index contributed by atoms with van der Waals surface area (Å²) < 4.78 is 5.04. The van der Waals surface area contributed by atoms with Crippen molar-refractivity contribution in [3.8, 4) is 0 Å². The Morgan fingerprint density at radius 1 is 1.00 bits per heavy atom. The SMILES string of the molecule is COC(=O)[C@H](c1ccccc1Cl)N1CCN(C(=O)c2cccc3ncccc23)CC1. The Morgan fingerprint density at radius 3 is 2.50 bits per heavy atom. The fourth-order valence-electron chi connectivity index (χ4n) is 3.92. The molecule has 154 valence electrons. The third kappa shape index (κ3) is 3.88. The minimum Gasteiger partial charge on any atom is -0.468 e. The summed E-state index contributed by atoms with van der Waals surface area (Å²) in [6.07, 6.45) is 1.72. The van der Waals surface area contributed by atoms with Crippen molar-refractivity contribution in [1.29, 1.82) is 0 Å². The average Bonchev–Trinajstić information content (AvgIpc) is 2.80. The summed E-state index contributed by atoms with van der Waals surface area (Å²) in [5, 5.41) is 1.37. The van der Waals surface area contributed by atoms with Gasteiger partial charge in [-0.25, -0.2) is 4.79 Å². The Labute approximate surface area is 180 Å². The Kier molecular flexibility index (Phi) is 5.97. The standard InChI is InChI=1S/C23H22ClN3O3/c1-30-23(29)21(18-6-2-3-9-19(18)24)26-12-14-27(15-13-26)22(28)17-7-4-10-20-16(17)8-5-11-25-20/h2-11,21H,12-15H2,1H3/t21-/m0/s1. The lowest BCUT2D eigenvalue weighted by molar-refractivity contribution is -0.148. The van der Waals surface area contributed by atoms with Gasteiger partial charge in [-0.1, -0.05) is 41.9 Å². The van der Waals surface area contributed by atoms with Crippen molar-refractivity contribution in [3.63, 3.8) is 0 Å². The Bertz CT molecular complexity index is 1070. The van der Waals surface area contributed by atoms with Crippen molar-refractivity contribution >= 4 is 34.4 Å². The number of carbonyl (C=O) groups is 2. The topological polar surface area (TPSA) is 62.7 Å². The van der Waals surface area contributed by atoms with Crippen LogP contribution in [0, 0.1) is 0 Å². The van der Waals surface area contributed by atoms with Gasteiger partial charge in [0, 0.05) is 48.3 Å². The predicted octanol–water partition coefficient (Wildman–Crippen LogP) is 3.56. The third-order valence-electron chi connectivity index (χ3n) is 5.47. The maximum atomic E-state index is 13.2. The fraction of sp³-hybridized carbons (Fsp3) is 0.261. The summed E-state index contributed by atoms with van der Waals surface area (Å²) in [4.78, 5) is 33.9. The van der Waals surface area contributed by atoms with Gasteiger partial charge in [0.2, 0.25) is 0 Å². The number of amides is 1. The van der Waals surface area contributed by atoms with Gasteiger partial charge in [0.25, 0.3) is 5.91 Å². The van der Waals surface area contributed by atoms with E-state index in [1.54, 1.807) is 12.3 Å². The molecule has 1 atom stereocenters. The van der Waals surface area contributed by atoms with Crippen LogP contribution in [0.2, 0.25) is 5.02 Å². The van der Waals surface area contributed by atoms with E-state index in [1.807, 2.05) is 58.3 Å². The minimum atomic E-state index is -0.595. The number of methoxy groups -OCH3 is 1. The monoisotopic (exact) mass is 423 g/mol. The number of carbonyl (C=O) groups excluding carboxylic acids is 2. The number of esters is 1. The molecule has 2 heterocycles. The first-order valence-corrected chi connectivity index (χ1v) is 10.2. The normalized spacial score (nSPS) is 15.7. The van der Waals surface area contributed by atoms with E-state index in [-0.39, 0.29) is 11.9 Å². The molecule has 0 spiro atoms. The van der Waals surface area contributed by atoms with E-state index in [0.717, 1.165) is 10.9 Å². The number of ether oxygens (including phenoxy) is 1. The van der Waals surface area contributed by atoms with Crippen molar-refractivity contribution < 1.29 is 14.3 Å². The molecule has 4 rings (SSSR count). The van der Waals surface area contributed by atoms with Gasteiger partial charge in [-0.05, 0) is 29.8 Å². The van der Waals surface area contributed by atoms with Crippen LogP contribution >= 0.6 is 11.6 Å². The first kappa shape index (κ1) is 20.3. The maximum absolute atomic E-state index is 13.2.